The first kappa shape index (κ1) is 11.6. The molecule has 4 N–H and O–H groups in total. The minimum absolute atomic E-state index is 0.0269. The highest BCUT2D eigenvalue weighted by molar-refractivity contribution is 5.82. The van der Waals surface area contributed by atoms with Crippen molar-refractivity contribution in [2.45, 2.75) is 25.3 Å². The molecule has 0 aromatic carbocycles. The Hall–Kier alpha value is -1.43. The molecule has 6 heteroatoms. The van der Waals surface area contributed by atoms with E-state index in [2.05, 4.69) is 0 Å². The Morgan fingerprint density at radius 1 is 1.27 bits per heavy atom. The van der Waals surface area contributed by atoms with Gasteiger partial charge in [-0.05, 0) is 6.42 Å². The number of carbonyl (C=O) groups excluding carboxylic acids is 3. The number of carbonyl (C=O) groups is 3. The van der Waals surface area contributed by atoms with E-state index in [0.29, 0.717) is 19.3 Å². The lowest BCUT2D eigenvalue weighted by Crippen LogP contribution is -2.44. The molecule has 84 valence electrons. The summed E-state index contributed by atoms with van der Waals surface area (Å²) in [5.41, 5.74) is 10.1. The van der Waals surface area contributed by atoms with E-state index in [4.69, 9.17) is 11.5 Å². The van der Waals surface area contributed by atoms with Crippen molar-refractivity contribution in [1.82, 2.24) is 4.90 Å². The van der Waals surface area contributed by atoms with Crippen molar-refractivity contribution in [3.05, 3.63) is 0 Å². The summed E-state index contributed by atoms with van der Waals surface area (Å²) in [4.78, 5) is 34.2. The Bertz CT molecular complexity index is 274. The first-order valence-corrected chi connectivity index (χ1v) is 4.81. The second-order valence-corrected chi connectivity index (χ2v) is 3.77. The summed E-state index contributed by atoms with van der Waals surface area (Å²) in [6, 6.07) is -0.0718. The van der Waals surface area contributed by atoms with Crippen molar-refractivity contribution in [2.75, 3.05) is 13.1 Å². The third kappa shape index (κ3) is 3.67. The maximum Gasteiger partial charge on any atom is 0.231 e. The van der Waals surface area contributed by atoms with Crippen LogP contribution in [0.1, 0.15) is 19.3 Å². The maximum atomic E-state index is 11.1. The van der Waals surface area contributed by atoms with Crippen LogP contribution in [0, 0.1) is 0 Å². The average molecular weight is 213 g/mol. The van der Waals surface area contributed by atoms with E-state index in [1.165, 1.54) is 0 Å². The summed E-state index contributed by atoms with van der Waals surface area (Å²) in [7, 11) is 0. The van der Waals surface area contributed by atoms with E-state index in [-0.39, 0.29) is 24.9 Å². The number of ketones is 1. The number of nitrogens with zero attached hydrogens (tertiary/aromatic N) is 1. The van der Waals surface area contributed by atoms with Gasteiger partial charge in [-0.3, -0.25) is 19.3 Å². The predicted octanol–water partition coefficient (Wildman–Crippen LogP) is -1.62. The first-order chi connectivity index (χ1) is 6.99. The van der Waals surface area contributed by atoms with E-state index in [1.807, 2.05) is 0 Å². The molecule has 0 radical (unpaired) electrons. The molecule has 1 fully saturated rings. The van der Waals surface area contributed by atoms with Crippen LogP contribution in [0.15, 0.2) is 0 Å². The highest BCUT2D eigenvalue weighted by atomic mass is 16.2. The van der Waals surface area contributed by atoms with Crippen molar-refractivity contribution >= 4 is 17.6 Å². The lowest BCUT2D eigenvalue weighted by molar-refractivity contribution is -0.124. The third-order valence-corrected chi connectivity index (χ3v) is 2.45. The minimum atomic E-state index is -0.518. The number of hydrogen-bond acceptors (Lipinski definition) is 4. The largest absolute Gasteiger partial charge is 0.369 e. The summed E-state index contributed by atoms with van der Waals surface area (Å²) >= 11 is 0. The first-order valence-electron chi connectivity index (χ1n) is 4.81. The molecule has 0 heterocycles. The summed E-state index contributed by atoms with van der Waals surface area (Å²) < 4.78 is 0. The number of primary amides is 2. The van der Waals surface area contributed by atoms with Crippen LogP contribution in [-0.4, -0.2) is 41.6 Å². The molecule has 6 nitrogen and oxygen atoms in total. The lowest BCUT2D eigenvalue weighted by atomic mass is 10.2. The fraction of sp³-hybridized carbons (Fsp3) is 0.667. The van der Waals surface area contributed by atoms with Crippen LogP contribution in [0.25, 0.3) is 0 Å². The molecular weight excluding hydrogens is 198 g/mol. The van der Waals surface area contributed by atoms with Crippen LogP contribution in [-0.2, 0) is 14.4 Å². The number of Topliss-reactive ketones (excluding diaryl/α,β-unsaturated/α-hetero) is 1. The molecular formula is C9H15N3O3. The number of amides is 2. The van der Waals surface area contributed by atoms with Gasteiger partial charge in [0.25, 0.3) is 0 Å². The number of rotatable bonds is 5. The van der Waals surface area contributed by atoms with Gasteiger partial charge in [-0.1, -0.05) is 0 Å². The Balaban J connectivity index is 2.58. The molecule has 1 rings (SSSR count). The zero-order valence-corrected chi connectivity index (χ0v) is 8.44. The molecule has 1 saturated carbocycles. The van der Waals surface area contributed by atoms with Gasteiger partial charge in [0, 0.05) is 18.9 Å². The summed E-state index contributed by atoms with van der Waals surface area (Å²) in [6.07, 6.45) is 1.54. The van der Waals surface area contributed by atoms with Crippen molar-refractivity contribution in [2.24, 2.45) is 11.5 Å². The van der Waals surface area contributed by atoms with Gasteiger partial charge in [-0.15, -0.1) is 0 Å². The standard InChI is InChI=1S/C9H15N3O3/c10-8(14)4-12(5-9(11)15)6-1-2-7(13)3-6/h6H,1-5H2,(H2,10,14)(H2,11,15). The van der Waals surface area contributed by atoms with Gasteiger partial charge in [-0.25, -0.2) is 0 Å². The molecule has 0 aliphatic heterocycles. The molecule has 1 atom stereocenters. The van der Waals surface area contributed by atoms with Gasteiger partial charge in [0.1, 0.15) is 5.78 Å². The Kier molecular flexibility index (Phi) is 3.79. The normalized spacial score (nSPS) is 20.9. The van der Waals surface area contributed by atoms with Crippen LogP contribution >= 0.6 is 0 Å². The summed E-state index contributed by atoms with van der Waals surface area (Å²) in [5, 5.41) is 0. The maximum absolute atomic E-state index is 11.1. The van der Waals surface area contributed by atoms with Crippen molar-refractivity contribution in [3.63, 3.8) is 0 Å². The van der Waals surface area contributed by atoms with Crippen LogP contribution in [0.2, 0.25) is 0 Å². The average Bonchev–Trinajstić information content (AvgIpc) is 2.48. The molecule has 1 aliphatic rings. The number of hydrogen-bond donors (Lipinski definition) is 2. The zero-order chi connectivity index (χ0) is 11.4. The Labute approximate surface area is 87.6 Å². The second kappa shape index (κ2) is 4.88. The van der Waals surface area contributed by atoms with Gasteiger partial charge < -0.3 is 11.5 Å². The van der Waals surface area contributed by atoms with Crippen LogP contribution in [0.3, 0.4) is 0 Å². The fourth-order valence-corrected chi connectivity index (χ4v) is 1.82. The van der Waals surface area contributed by atoms with E-state index >= 15 is 0 Å². The zero-order valence-electron chi connectivity index (χ0n) is 8.44. The highest BCUT2D eigenvalue weighted by Gasteiger charge is 2.29. The van der Waals surface area contributed by atoms with Gasteiger partial charge in [-0.2, -0.15) is 0 Å². The van der Waals surface area contributed by atoms with Crippen molar-refractivity contribution in [3.8, 4) is 0 Å². The van der Waals surface area contributed by atoms with Gasteiger partial charge >= 0.3 is 0 Å². The molecule has 2 amide bonds. The Morgan fingerprint density at radius 3 is 2.13 bits per heavy atom. The molecule has 0 aromatic heterocycles. The molecule has 0 spiro atoms. The van der Waals surface area contributed by atoms with E-state index in [1.54, 1.807) is 4.90 Å². The van der Waals surface area contributed by atoms with Gasteiger partial charge in [0.2, 0.25) is 11.8 Å². The van der Waals surface area contributed by atoms with E-state index in [0.717, 1.165) is 0 Å². The van der Waals surface area contributed by atoms with E-state index < -0.39 is 11.8 Å². The fourth-order valence-electron chi connectivity index (χ4n) is 1.82. The smallest absolute Gasteiger partial charge is 0.231 e. The van der Waals surface area contributed by atoms with Crippen molar-refractivity contribution in [1.29, 1.82) is 0 Å². The van der Waals surface area contributed by atoms with Gasteiger partial charge in [0.15, 0.2) is 0 Å². The number of nitrogens with two attached hydrogens (primary N) is 2. The van der Waals surface area contributed by atoms with Crippen LogP contribution in [0.4, 0.5) is 0 Å². The second-order valence-electron chi connectivity index (χ2n) is 3.77. The molecule has 0 aromatic rings. The monoisotopic (exact) mass is 213 g/mol. The third-order valence-electron chi connectivity index (χ3n) is 2.45. The highest BCUT2D eigenvalue weighted by Crippen LogP contribution is 2.20. The molecule has 1 unspecified atom stereocenters. The molecule has 1 aliphatic carbocycles. The Morgan fingerprint density at radius 2 is 1.80 bits per heavy atom. The molecule has 15 heavy (non-hydrogen) atoms. The quantitative estimate of drug-likeness (QED) is 0.572. The lowest BCUT2D eigenvalue weighted by Gasteiger charge is -2.25. The topological polar surface area (TPSA) is 106 Å². The van der Waals surface area contributed by atoms with Crippen LogP contribution < -0.4 is 11.5 Å². The van der Waals surface area contributed by atoms with E-state index in [9.17, 15) is 14.4 Å². The van der Waals surface area contributed by atoms with Crippen LogP contribution in [0.5, 0.6) is 0 Å². The molecule has 0 saturated heterocycles. The minimum Gasteiger partial charge on any atom is -0.369 e. The summed E-state index contributed by atoms with van der Waals surface area (Å²) in [6.45, 7) is -0.0538. The van der Waals surface area contributed by atoms with Crippen molar-refractivity contribution < 1.29 is 14.4 Å². The summed E-state index contributed by atoms with van der Waals surface area (Å²) in [5.74, 6) is -0.884. The molecule has 0 bridgehead atoms. The predicted molar refractivity (Wildman–Crippen MR) is 52.6 cm³/mol. The SMILES string of the molecule is NC(=O)CN(CC(N)=O)C1CCC(=O)C1. The van der Waals surface area contributed by atoms with Gasteiger partial charge in [0.05, 0.1) is 13.1 Å².